The molecule has 0 amide bonds. The Hall–Kier alpha value is -1.27. The molecule has 2 rings (SSSR count). The molecule has 1 saturated carbocycles. The van der Waals surface area contributed by atoms with E-state index in [-0.39, 0.29) is 5.75 Å². The molecule has 0 atom stereocenters. The van der Waals surface area contributed by atoms with E-state index in [9.17, 15) is 18.3 Å². The van der Waals surface area contributed by atoms with Gasteiger partial charge in [0.2, 0.25) is 0 Å². The summed E-state index contributed by atoms with van der Waals surface area (Å²) in [5.74, 6) is -0.239. The van der Waals surface area contributed by atoms with Gasteiger partial charge in [0.25, 0.3) is 0 Å². The van der Waals surface area contributed by atoms with Gasteiger partial charge in [-0.05, 0) is 50.4 Å². The van der Waals surface area contributed by atoms with Crippen molar-refractivity contribution in [3.8, 4) is 5.75 Å². The third-order valence-electron chi connectivity index (χ3n) is 4.01. The molecule has 1 aliphatic rings. The molecular weight excluding hydrogens is 283 g/mol. The zero-order valence-corrected chi connectivity index (χ0v) is 11.9. The topological polar surface area (TPSA) is 41.5 Å². The molecule has 1 aliphatic carbocycles. The molecule has 0 saturated heterocycles. The van der Waals surface area contributed by atoms with E-state index in [0.29, 0.717) is 25.3 Å². The normalized spacial score (nSPS) is 26.6. The van der Waals surface area contributed by atoms with E-state index in [1.165, 1.54) is 12.1 Å². The summed E-state index contributed by atoms with van der Waals surface area (Å²) in [6.07, 6.45) is -1.02. The van der Waals surface area contributed by atoms with Gasteiger partial charge in [-0.2, -0.15) is 0 Å². The van der Waals surface area contributed by atoms with Gasteiger partial charge in [-0.3, -0.25) is 0 Å². The van der Waals surface area contributed by atoms with E-state index in [0.717, 1.165) is 18.4 Å². The standard InChI is InChI=1S/C15H20F3NO2/c1-19-12-6-8-14(20,9-7-12)10-11-2-4-13(5-3-11)21-15(16,17)18/h2-5,12,19-20H,6-10H2,1H3. The van der Waals surface area contributed by atoms with Crippen molar-refractivity contribution in [1.29, 1.82) is 0 Å². The van der Waals surface area contributed by atoms with E-state index >= 15 is 0 Å². The first kappa shape index (κ1) is 16.1. The summed E-state index contributed by atoms with van der Waals surface area (Å²) in [6.45, 7) is 0. The quantitative estimate of drug-likeness (QED) is 0.898. The molecule has 0 spiro atoms. The van der Waals surface area contributed by atoms with Crippen LogP contribution in [0.5, 0.6) is 5.75 Å². The largest absolute Gasteiger partial charge is 0.573 e. The number of nitrogens with one attached hydrogen (secondary N) is 1. The smallest absolute Gasteiger partial charge is 0.406 e. The van der Waals surface area contributed by atoms with Crippen LogP contribution in [0.3, 0.4) is 0 Å². The minimum absolute atomic E-state index is 0.239. The zero-order valence-electron chi connectivity index (χ0n) is 11.9. The maximum atomic E-state index is 12.1. The highest BCUT2D eigenvalue weighted by Gasteiger charge is 2.33. The number of halogens is 3. The second kappa shape index (κ2) is 6.23. The Balaban J connectivity index is 1.94. The minimum atomic E-state index is -4.68. The highest BCUT2D eigenvalue weighted by atomic mass is 19.4. The number of benzene rings is 1. The van der Waals surface area contributed by atoms with Crippen LogP contribution in [0.4, 0.5) is 13.2 Å². The lowest BCUT2D eigenvalue weighted by Gasteiger charge is -2.36. The van der Waals surface area contributed by atoms with Gasteiger partial charge >= 0.3 is 6.36 Å². The van der Waals surface area contributed by atoms with Gasteiger partial charge in [0, 0.05) is 12.5 Å². The molecule has 0 radical (unpaired) electrons. The average molecular weight is 303 g/mol. The zero-order chi connectivity index (χ0) is 15.5. The lowest BCUT2D eigenvalue weighted by atomic mass is 9.78. The van der Waals surface area contributed by atoms with E-state index in [1.54, 1.807) is 12.1 Å². The molecule has 0 aliphatic heterocycles. The minimum Gasteiger partial charge on any atom is -0.406 e. The Morgan fingerprint density at radius 1 is 1.24 bits per heavy atom. The summed E-state index contributed by atoms with van der Waals surface area (Å²) in [4.78, 5) is 0. The molecule has 3 nitrogen and oxygen atoms in total. The van der Waals surface area contributed by atoms with Crippen LogP contribution in [-0.2, 0) is 6.42 Å². The molecule has 2 N–H and O–H groups in total. The van der Waals surface area contributed by atoms with Crippen molar-refractivity contribution in [1.82, 2.24) is 5.32 Å². The lowest BCUT2D eigenvalue weighted by molar-refractivity contribution is -0.274. The van der Waals surface area contributed by atoms with E-state index in [2.05, 4.69) is 10.1 Å². The maximum absolute atomic E-state index is 12.1. The van der Waals surface area contributed by atoms with E-state index < -0.39 is 12.0 Å². The van der Waals surface area contributed by atoms with Gasteiger partial charge in [0.05, 0.1) is 5.60 Å². The van der Waals surface area contributed by atoms with Gasteiger partial charge in [-0.1, -0.05) is 12.1 Å². The van der Waals surface area contributed by atoms with Crippen molar-refractivity contribution < 1.29 is 23.0 Å². The fourth-order valence-corrected chi connectivity index (χ4v) is 2.81. The second-order valence-electron chi connectivity index (χ2n) is 5.66. The maximum Gasteiger partial charge on any atom is 0.573 e. The monoisotopic (exact) mass is 303 g/mol. The molecular formula is C15H20F3NO2. The van der Waals surface area contributed by atoms with Crippen LogP contribution in [0.15, 0.2) is 24.3 Å². The summed E-state index contributed by atoms with van der Waals surface area (Å²) < 4.78 is 40.1. The molecule has 1 aromatic rings. The molecule has 1 aromatic carbocycles. The molecule has 1 fully saturated rings. The molecule has 6 heteroatoms. The number of rotatable bonds is 4. The predicted molar refractivity (Wildman–Crippen MR) is 73.1 cm³/mol. The first-order valence-corrected chi connectivity index (χ1v) is 7.04. The fourth-order valence-electron chi connectivity index (χ4n) is 2.81. The Morgan fingerprint density at radius 2 is 1.81 bits per heavy atom. The van der Waals surface area contributed by atoms with Crippen LogP contribution in [0.1, 0.15) is 31.2 Å². The summed E-state index contributed by atoms with van der Waals surface area (Å²) >= 11 is 0. The van der Waals surface area contributed by atoms with Gasteiger partial charge in [-0.25, -0.2) is 0 Å². The lowest BCUT2D eigenvalue weighted by Crippen LogP contribution is -2.41. The van der Waals surface area contributed by atoms with Crippen molar-refractivity contribution in [2.45, 2.75) is 50.1 Å². The second-order valence-corrected chi connectivity index (χ2v) is 5.66. The predicted octanol–water partition coefficient (Wildman–Crippen LogP) is 3.02. The van der Waals surface area contributed by atoms with Gasteiger partial charge in [0.1, 0.15) is 5.75 Å². The Morgan fingerprint density at radius 3 is 2.29 bits per heavy atom. The molecule has 0 unspecified atom stereocenters. The van der Waals surface area contributed by atoms with Crippen molar-refractivity contribution in [2.24, 2.45) is 0 Å². The third-order valence-corrected chi connectivity index (χ3v) is 4.01. The van der Waals surface area contributed by atoms with Crippen molar-refractivity contribution in [3.63, 3.8) is 0 Å². The molecule has 118 valence electrons. The van der Waals surface area contributed by atoms with Gasteiger partial charge in [0.15, 0.2) is 0 Å². The summed E-state index contributed by atoms with van der Waals surface area (Å²) in [5, 5.41) is 13.8. The van der Waals surface area contributed by atoms with Crippen LogP contribution in [0, 0.1) is 0 Å². The summed E-state index contributed by atoms with van der Waals surface area (Å²) in [7, 11) is 1.91. The molecule has 0 bridgehead atoms. The number of hydrogen-bond donors (Lipinski definition) is 2. The van der Waals surface area contributed by atoms with Crippen LogP contribution in [0.2, 0.25) is 0 Å². The fraction of sp³-hybridized carbons (Fsp3) is 0.600. The van der Waals surface area contributed by atoms with Gasteiger partial charge in [-0.15, -0.1) is 13.2 Å². The van der Waals surface area contributed by atoms with Crippen LogP contribution < -0.4 is 10.1 Å². The number of hydrogen-bond acceptors (Lipinski definition) is 3. The van der Waals surface area contributed by atoms with Crippen molar-refractivity contribution in [3.05, 3.63) is 29.8 Å². The Kier molecular flexibility index (Phi) is 4.78. The van der Waals surface area contributed by atoms with Crippen LogP contribution in [-0.4, -0.2) is 30.2 Å². The first-order chi connectivity index (χ1) is 9.80. The van der Waals surface area contributed by atoms with E-state index in [1.807, 2.05) is 7.05 Å². The van der Waals surface area contributed by atoms with Crippen molar-refractivity contribution in [2.75, 3.05) is 7.05 Å². The molecule has 21 heavy (non-hydrogen) atoms. The number of alkyl halides is 3. The number of ether oxygens (including phenoxy) is 1. The highest BCUT2D eigenvalue weighted by molar-refractivity contribution is 5.28. The van der Waals surface area contributed by atoms with Crippen LogP contribution in [0.25, 0.3) is 0 Å². The summed E-state index contributed by atoms with van der Waals surface area (Å²) in [5.41, 5.74) is 0.0506. The number of aliphatic hydroxyl groups is 1. The van der Waals surface area contributed by atoms with E-state index in [4.69, 9.17) is 0 Å². The third kappa shape index (κ3) is 4.89. The van der Waals surface area contributed by atoms with Crippen molar-refractivity contribution >= 4 is 0 Å². The SMILES string of the molecule is CNC1CCC(O)(Cc2ccc(OC(F)(F)F)cc2)CC1. The first-order valence-electron chi connectivity index (χ1n) is 7.04. The van der Waals surface area contributed by atoms with Crippen LogP contribution >= 0.6 is 0 Å². The molecule has 0 heterocycles. The van der Waals surface area contributed by atoms with Gasteiger partial charge < -0.3 is 15.2 Å². The highest BCUT2D eigenvalue weighted by Crippen LogP contribution is 2.32. The average Bonchev–Trinajstić information content (AvgIpc) is 2.40. The Bertz CT molecular complexity index is 451. The molecule has 0 aromatic heterocycles. The Labute approximate surface area is 122 Å². The summed E-state index contributed by atoms with van der Waals surface area (Å²) in [6, 6.07) is 6.15.